The van der Waals surface area contributed by atoms with Gasteiger partial charge in [-0.05, 0) is 87.5 Å². The number of aryl methyl sites for hydroxylation is 2. The summed E-state index contributed by atoms with van der Waals surface area (Å²) in [5.41, 5.74) is 7.29. The average Bonchev–Trinajstić information content (AvgIpc) is 3.67. The van der Waals surface area contributed by atoms with Gasteiger partial charge in [-0.25, -0.2) is 19.6 Å². The van der Waals surface area contributed by atoms with Crippen LogP contribution in [0.1, 0.15) is 36.0 Å². The number of nitrogens with zero attached hydrogens (tertiary/aromatic N) is 5. The van der Waals surface area contributed by atoms with Crippen LogP contribution in [0.15, 0.2) is 64.3 Å². The van der Waals surface area contributed by atoms with E-state index >= 15 is 0 Å². The summed E-state index contributed by atoms with van der Waals surface area (Å²) in [6, 6.07) is 15.5. The van der Waals surface area contributed by atoms with Crippen molar-refractivity contribution in [3.8, 4) is 28.3 Å². The number of ether oxygens (including phenoxy) is 1. The molecule has 14 heteroatoms. The predicted octanol–water partition coefficient (Wildman–Crippen LogP) is 5.18. The molecule has 2 amide bonds. The summed E-state index contributed by atoms with van der Waals surface area (Å²) in [6.07, 6.45) is 6.65. The number of aliphatic hydroxyl groups is 1. The molecule has 4 N–H and O–H groups in total. The van der Waals surface area contributed by atoms with E-state index in [2.05, 4.69) is 27.0 Å². The Bertz CT molecular complexity index is 2250. The number of carbonyl (C=O) groups excluding carboxylic acids is 1. The van der Waals surface area contributed by atoms with Gasteiger partial charge in [0.15, 0.2) is 0 Å². The Morgan fingerprint density at radius 1 is 1.00 bits per heavy atom. The number of aromatic nitrogens is 4. The summed E-state index contributed by atoms with van der Waals surface area (Å²) >= 11 is 7.07. The van der Waals surface area contributed by atoms with Crippen molar-refractivity contribution in [1.29, 1.82) is 0 Å². The fraction of sp³-hybridized carbons (Fsp3) is 0.375. The fourth-order valence-corrected chi connectivity index (χ4v) is 7.12. The van der Waals surface area contributed by atoms with Crippen LogP contribution in [-0.4, -0.2) is 82.6 Å². The third-order valence-corrected chi connectivity index (χ3v) is 10.2. The molecule has 1 aliphatic carbocycles. The second-order valence-corrected chi connectivity index (χ2v) is 13.5. The van der Waals surface area contributed by atoms with Crippen molar-refractivity contribution in [1.82, 2.24) is 34.6 Å². The van der Waals surface area contributed by atoms with E-state index in [9.17, 15) is 14.4 Å². The van der Waals surface area contributed by atoms with E-state index in [1.165, 1.54) is 22.7 Å². The van der Waals surface area contributed by atoms with E-state index in [4.69, 9.17) is 26.4 Å². The molecule has 3 heterocycles. The third-order valence-electron chi connectivity index (χ3n) is 9.76. The van der Waals surface area contributed by atoms with E-state index in [1.807, 2.05) is 50.4 Å². The maximum absolute atomic E-state index is 13.1. The number of pyridine rings is 2. The molecule has 3 aromatic heterocycles. The van der Waals surface area contributed by atoms with Crippen molar-refractivity contribution in [3.63, 3.8) is 0 Å². The van der Waals surface area contributed by atoms with Gasteiger partial charge in [-0.15, -0.1) is 0 Å². The molecule has 0 saturated heterocycles. The number of rotatable bonds is 12. The predicted molar refractivity (Wildman–Crippen MR) is 215 cm³/mol. The Morgan fingerprint density at radius 3 is 2.46 bits per heavy atom. The summed E-state index contributed by atoms with van der Waals surface area (Å²) in [5.74, 6) is 1.04. The van der Waals surface area contributed by atoms with Crippen LogP contribution in [0, 0.1) is 6.92 Å². The number of benzene rings is 2. The van der Waals surface area contributed by atoms with Crippen molar-refractivity contribution in [3.05, 3.63) is 97.3 Å². The minimum atomic E-state index is -0.407. The van der Waals surface area contributed by atoms with Crippen LogP contribution in [-0.2, 0) is 26.9 Å². The molecule has 0 atom stereocenters. The summed E-state index contributed by atoms with van der Waals surface area (Å²) in [5, 5.41) is 18.6. The first-order valence-corrected chi connectivity index (χ1v) is 18.4. The maximum atomic E-state index is 13.1. The number of halogens is 1. The SMILES string of the molecule is CNCCCCN(CCO)C(=O)NC.COc1nc(-c2cccc(-c3cccc(Nc4nccc5c4c(=O)n(C)c(=O)n5C)c3C)c2Cl)cc2c1CCC2. The quantitative estimate of drug-likeness (QED) is 0.126. The standard InChI is InChI=1S/C31H28ClN5O3.C9H21N3O2/c1-17-19(21-11-6-12-22(27(21)32)24-16-18-8-5-10-20(18)29(35-24)40-4)9-7-13-23(17)34-28-26-25(14-15-33-28)36(2)31(39)37(3)30(26)38;1-10-5-3-4-6-12(7-8-13)9(14)11-2/h6-7,9,11-16H,5,8,10H2,1-4H3,(H,33,34);10,13H,3-8H2,1-2H3,(H,11,14). The number of unbranched alkanes of at least 4 members (excludes halogenated alkanes) is 1. The second kappa shape index (κ2) is 18.2. The summed E-state index contributed by atoms with van der Waals surface area (Å²) in [4.78, 5) is 47.6. The molecule has 0 radical (unpaired) electrons. The van der Waals surface area contributed by atoms with Gasteiger partial charge in [-0.2, -0.15) is 0 Å². The third kappa shape index (κ3) is 8.43. The highest BCUT2D eigenvalue weighted by atomic mass is 35.5. The van der Waals surface area contributed by atoms with Gasteiger partial charge in [-0.3, -0.25) is 13.9 Å². The van der Waals surface area contributed by atoms with Crippen LogP contribution in [0.5, 0.6) is 5.88 Å². The number of carbonyl (C=O) groups is 1. The summed E-state index contributed by atoms with van der Waals surface area (Å²) in [7, 11) is 8.27. The molecule has 286 valence electrons. The number of methoxy groups -OCH3 is 1. The second-order valence-electron chi connectivity index (χ2n) is 13.1. The molecule has 5 aromatic rings. The van der Waals surface area contributed by atoms with Crippen LogP contribution < -0.4 is 31.9 Å². The zero-order chi connectivity index (χ0) is 38.9. The highest BCUT2D eigenvalue weighted by Crippen LogP contribution is 2.41. The Kier molecular flexibility index (Phi) is 13.5. The lowest BCUT2D eigenvalue weighted by Gasteiger charge is -2.20. The zero-order valence-electron chi connectivity index (χ0n) is 31.8. The molecule has 0 unspecified atom stereocenters. The highest BCUT2D eigenvalue weighted by molar-refractivity contribution is 6.36. The normalized spacial score (nSPS) is 11.9. The van der Waals surface area contributed by atoms with Crippen LogP contribution in [0.4, 0.5) is 16.3 Å². The molecule has 0 bridgehead atoms. The number of fused-ring (bicyclic) bond motifs is 2. The van der Waals surface area contributed by atoms with Gasteiger partial charge in [-0.1, -0.05) is 41.9 Å². The van der Waals surface area contributed by atoms with Gasteiger partial charge in [0.25, 0.3) is 5.56 Å². The Morgan fingerprint density at radius 2 is 1.74 bits per heavy atom. The first-order valence-electron chi connectivity index (χ1n) is 18.1. The lowest BCUT2D eigenvalue weighted by Crippen LogP contribution is -2.40. The Labute approximate surface area is 320 Å². The molecule has 54 heavy (non-hydrogen) atoms. The Balaban J connectivity index is 0.000000342. The van der Waals surface area contributed by atoms with Crippen LogP contribution in [0.2, 0.25) is 5.02 Å². The first-order chi connectivity index (χ1) is 26.1. The highest BCUT2D eigenvalue weighted by Gasteiger charge is 2.22. The molecule has 0 fully saturated rings. The van der Waals surface area contributed by atoms with Gasteiger partial charge in [0, 0.05) is 62.8 Å². The van der Waals surface area contributed by atoms with Crippen molar-refractivity contribution in [2.45, 2.75) is 39.0 Å². The molecule has 1 aliphatic rings. The molecular formula is C40H49ClN8O5. The van der Waals surface area contributed by atoms with E-state index in [1.54, 1.807) is 38.4 Å². The van der Waals surface area contributed by atoms with Crippen molar-refractivity contribution >= 4 is 40.0 Å². The van der Waals surface area contributed by atoms with Gasteiger partial charge < -0.3 is 30.7 Å². The largest absolute Gasteiger partial charge is 0.481 e. The van der Waals surface area contributed by atoms with E-state index in [-0.39, 0.29) is 12.6 Å². The number of anilines is 2. The van der Waals surface area contributed by atoms with E-state index in [0.29, 0.717) is 40.7 Å². The zero-order valence-corrected chi connectivity index (χ0v) is 32.5. The van der Waals surface area contributed by atoms with Crippen LogP contribution >= 0.6 is 11.6 Å². The lowest BCUT2D eigenvalue weighted by molar-refractivity contribution is 0.178. The molecule has 13 nitrogen and oxygen atoms in total. The number of amides is 2. The number of hydrogen-bond acceptors (Lipinski definition) is 9. The number of aliphatic hydroxyl groups excluding tert-OH is 1. The number of hydrogen-bond donors (Lipinski definition) is 4. The summed E-state index contributed by atoms with van der Waals surface area (Å²) < 4.78 is 8.15. The Hall–Kier alpha value is -5.24. The van der Waals surface area contributed by atoms with Crippen LogP contribution in [0.3, 0.4) is 0 Å². The fourth-order valence-electron chi connectivity index (χ4n) is 6.80. The topological polar surface area (TPSA) is 156 Å². The molecule has 0 aliphatic heterocycles. The van der Waals surface area contributed by atoms with Crippen molar-refractivity contribution < 1.29 is 14.6 Å². The van der Waals surface area contributed by atoms with Gasteiger partial charge in [0.1, 0.15) is 11.2 Å². The average molecular weight is 757 g/mol. The molecule has 6 rings (SSSR count). The van der Waals surface area contributed by atoms with Crippen LogP contribution in [0.25, 0.3) is 33.3 Å². The smallest absolute Gasteiger partial charge is 0.330 e. The van der Waals surface area contributed by atoms with Crippen molar-refractivity contribution in [2.24, 2.45) is 14.1 Å². The maximum Gasteiger partial charge on any atom is 0.330 e. The van der Waals surface area contributed by atoms with Gasteiger partial charge in [0.2, 0.25) is 5.88 Å². The molecular weight excluding hydrogens is 708 g/mol. The van der Waals surface area contributed by atoms with Gasteiger partial charge in [0.05, 0.1) is 29.9 Å². The molecule has 2 aromatic carbocycles. The first kappa shape index (κ1) is 40.0. The van der Waals surface area contributed by atoms with E-state index in [0.717, 1.165) is 76.9 Å². The van der Waals surface area contributed by atoms with E-state index < -0.39 is 11.2 Å². The van der Waals surface area contributed by atoms with Crippen molar-refractivity contribution in [2.75, 3.05) is 52.8 Å². The molecule has 0 spiro atoms. The lowest BCUT2D eigenvalue weighted by atomic mass is 9.96. The number of nitrogens with one attached hydrogen (secondary N) is 3. The summed E-state index contributed by atoms with van der Waals surface area (Å²) in [6.45, 7) is 4.07. The monoisotopic (exact) mass is 756 g/mol. The van der Waals surface area contributed by atoms with Gasteiger partial charge >= 0.3 is 11.7 Å². The number of urea groups is 1. The minimum absolute atomic E-state index is 0.0133. The minimum Gasteiger partial charge on any atom is -0.481 e. The molecule has 0 saturated carbocycles.